The van der Waals surface area contributed by atoms with Gasteiger partial charge >= 0.3 is 0 Å². The first-order valence-electron chi connectivity index (χ1n) is 6.48. The molecule has 0 spiro atoms. The molecular weight excluding hydrogens is 258 g/mol. The predicted molar refractivity (Wildman–Crippen MR) is 76.9 cm³/mol. The van der Waals surface area contributed by atoms with E-state index in [0.29, 0.717) is 11.2 Å². The van der Waals surface area contributed by atoms with Crippen molar-refractivity contribution < 1.29 is 8.78 Å². The standard InChI is InChI=1S/C8H8FN.C8H6FN/c2*9-7-3-1-2-6-4-5-10-8(6)7/h1-3,10H,4-5H2;1-5,10H. The summed E-state index contributed by atoms with van der Waals surface area (Å²) in [6, 6.07) is 12.0. The first kappa shape index (κ1) is 12.7. The van der Waals surface area contributed by atoms with Crippen LogP contribution in [0.3, 0.4) is 0 Å². The van der Waals surface area contributed by atoms with Crippen LogP contribution in [0.4, 0.5) is 14.5 Å². The molecule has 1 aromatic heterocycles. The second-order valence-corrected chi connectivity index (χ2v) is 4.63. The van der Waals surface area contributed by atoms with Gasteiger partial charge in [-0.15, -0.1) is 0 Å². The fourth-order valence-corrected chi connectivity index (χ4v) is 2.34. The lowest BCUT2D eigenvalue weighted by Crippen LogP contribution is -1.92. The van der Waals surface area contributed by atoms with Gasteiger partial charge in [-0.3, -0.25) is 0 Å². The molecule has 20 heavy (non-hydrogen) atoms. The number of rotatable bonds is 0. The van der Waals surface area contributed by atoms with Crippen LogP contribution in [-0.2, 0) is 6.42 Å². The van der Waals surface area contributed by atoms with E-state index in [1.165, 1.54) is 12.1 Å². The summed E-state index contributed by atoms with van der Waals surface area (Å²) in [7, 11) is 0. The number of hydrogen-bond donors (Lipinski definition) is 2. The SMILES string of the molecule is Fc1cccc2c1NCC2.Fc1cccc2cc[nH]c12. The number of aromatic amines is 1. The lowest BCUT2D eigenvalue weighted by molar-refractivity contribution is 0.631. The molecule has 2 N–H and O–H groups in total. The second-order valence-electron chi connectivity index (χ2n) is 4.63. The van der Waals surface area contributed by atoms with Crippen LogP contribution in [0.15, 0.2) is 48.7 Å². The quantitative estimate of drug-likeness (QED) is 0.633. The maximum atomic E-state index is 12.8. The van der Waals surface area contributed by atoms with Crippen molar-refractivity contribution in [2.75, 3.05) is 11.9 Å². The van der Waals surface area contributed by atoms with Crippen molar-refractivity contribution in [1.29, 1.82) is 0 Å². The van der Waals surface area contributed by atoms with Crippen molar-refractivity contribution in [2.45, 2.75) is 6.42 Å². The third-order valence-electron chi connectivity index (χ3n) is 3.33. The van der Waals surface area contributed by atoms with Gasteiger partial charge in [0, 0.05) is 18.1 Å². The third kappa shape index (κ3) is 2.37. The van der Waals surface area contributed by atoms with Gasteiger partial charge in [0.15, 0.2) is 0 Å². The minimum Gasteiger partial charge on any atom is -0.382 e. The van der Waals surface area contributed by atoms with Gasteiger partial charge in [-0.05, 0) is 30.2 Å². The van der Waals surface area contributed by atoms with E-state index < -0.39 is 0 Å². The molecule has 3 aromatic rings. The molecule has 0 bridgehead atoms. The Morgan fingerprint density at radius 2 is 1.70 bits per heavy atom. The van der Waals surface area contributed by atoms with Crippen LogP contribution in [0.2, 0.25) is 0 Å². The van der Waals surface area contributed by atoms with Crippen molar-refractivity contribution in [2.24, 2.45) is 0 Å². The summed E-state index contributed by atoms with van der Waals surface area (Å²) in [6.45, 7) is 0.871. The van der Waals surface area contributed by atoms with Gasteiger partial charge in [-0.25, -0.2) is 8.78 Å². The zero-order valence-corrected chi connectivity index (χ0v) is 10.8. The number of nitrogens with one attached hydrogen (secondary N) is 2. The summed E-state index contributed by atoms with van der Waals surface area (Å²) in [5.74, 6) is -0.322. The number of H-pyrrole nitrogens is 1. The largest absolute Gasteiger partial charge is 0.382 e. The van der Waals surface area contributed by atoms with Gasteiger partial charge in [0.1, 0.15) is 11.6 Å². The molecule has 0 aliphatic carbocycles. The molecule has 1 aliphatic rings. The number of anilines is 1. The fourth-order valence-electron chi connectivity index (χ4n) is 2.34. The number of para-hydroxylation sites is 2. The van der Waals surface area contributed by atoms with E-state index >= 15 is 0 Å². The summed E-state index contributed by atoms with van der Waals surface area (Å²) in [5.41, 5.74) is 2.38. The maximum absolute atomic E-state index is 12.8. The minimum absolute atomic E-state index is 0.130. The molecule has 4 rings (SSSR count). The van der Waals surface area contributed by atoms with Crippen LogP contribution in [0.1, 0.15) is 5.56 Å². The molecule has 0 fully saturated rings. The Morgan fingerprint density at radius 1 is 0.900 bits per heavy atom. The van der Waals surface area contributed by atoms with Gasteiger partial charge < -0.3 is 10.3 Å². The summed E-state index contributed by atoms with van der Waals surface area (Å²) < 4.78 is 25.6. The Bertz CT molecular complexity index is 734. The van der Waals surface area contributed by atoms with E-state index in [4.69, 9.17) is 0 Å². The highest BCUT2D eigenvalue weighted by molar-refractivity contribution is 5.79. The van der Waals surface area contributed by atoms with Crippen LogP contribution in [-0.4, -0.2) is 11.5 Å². The molecule has 0 unspecified atom stereocenters. The zero-order valence-electron chi connectivity index (χ0n) is 10.8. The van der Waals surface area contributed by atoms with Crippen LogP contribution in [0, 0.1) is 11.6 Å². The maximum Gasteiger partial charge on any atom is 0.147 e. The molecule has 1 aliphatic heterocycles. The van der Waals surface area contributed by atoms with Crippen molar-refractivity contribution in [3.8, 4) is 0 Å². The van der Waals surface area contributed by atoms with E-state index in [9.17, 15) is 8.78 Å². The predicted octanol–water partition coefficient (Wildman–Crippen LogP) is 4.10. The second kappa shape index (κ2) is 5.33. The molecule has 102 valence electrons. The van der Waals surface area contributed by atoms with Crippen molar-refractivity contribution in [3.05, 3.63) is 65.9 Å². The molecule has 0 atom stereocenters. The van der Waals surface area contributed by atoms with Gasteiger partial charge in [-0.2, -0.15) is 0 Å². The molecular formula is C16H14F2N2. The number of fused-ring (bicyclic) bond motifs is 2. The molecule has 2 nitrogen and oxygen atoms in total. The van der Waals surface area contributed by atoms with Crippen LogP contribution in [0.5, 0.6) is 0 Å². The first-order valence-corrected chi connectivity index (χ1v) is 6.48. The number of halogens is 2. The molecule has 0 radical (unpaired) electrons. The Morgan fingerprint density at radius 3 is 2.50 bits per heavy atom. The smallest absolute Gasteiger partial charge is 0.147 e. The minimum atomic E-state index is -0.192. The first-order chi connectivity index (χ1) is 9.75. The summed E-state index contributed by atoms with van der Waals surface area (Å²) in [6.07, 6.45) is 2.68. The number of aromatic nitrogens is 1. The molecule has 0 amide bonds. The van der Waals surface area contributed by atoms with Gasteiger partial charge in [0.25, 0.3) is 0 Å². The summed E-state index contributed by atoms with van der Waals surface area (Å²) in [4.78, 5) is 2.81. The van der Waals surface area contributed by atoms with Crippen LogP contribution >= 0.6 is 0 Å². The lowest BCUT2D eigenvalue weighted by Gasteiger charge is -1.98. The Labute approximate surface area is 115 Å². The Kier molecular flexibility index (Phi) is 3.37. The highest BCUT2D eigenvalue weighted by atomic mass is 19.1. The lowest BCUT2D eigenvalue weighted by atomic mass is 10.2. The van der Waals surface area contributed by atoms with E-state index in [2.05, 4.69) is 10.3 Å². The van der Waals surface area contributed by atoms with Crippen LogP contribution < -0.4 is 5.32 Å². The molecule has 2 aromatic carbocycles. The zero-order chi connectivity index (χ0) is 13.9. The fraction of sp³-hybridized carbons (Fsp3) is 0.125. The molecule has 0 saturated carbocycles. The average Bonchev–Trinajstić information content (AvgIpc) is 3.08. The van der Waals surface area contributed by atoms with Gasteiger partial charge in [0.05, 0.1) is 11.2 Å². The van der Waals surface area contributed by atoms with E-state index in [0.717, 1.165) is 23.9 Å². The number of hydrogen-bond acceptors (Lipinski definition) is 1. The topological polar surface area (TPSA) is 27.8 Å². The Balaban J connectivity index is 0.000000121. The molecule has 4 heteroatoms. The van der Waals surface area contributed by atoms with Crippen molar-refractivity contribution >= 4 is 16.6 Å². The Hall–Kier alpha value is -2.36. The van der Waals surface area contributed by atoms with E-state index in [1.807, 2.05) is 18.2 Å². The normalized spacial score (nSPS) is 12.5. The number of benzene rings is 2. The van der Waals surface area contributed by atoms with Crippen LogP contribution in [0.25, 0.3) is 10.9 Å². The highest BCUT2D eigenvalue weighted by Crippen LogP contribution is 2.24. The van der Waals surface area contributed by atoms with Gasteiger partial charge in [0.2, 0.25) is 0 Å². The van der Waals surface area contributed by atoms with E-state index in [-0.39, 0.29) is 11.6 Å². The van der Waals surface area contributed by atoms with Crippen molar-refractivity contribution in [3.63, 3.8) is 0 Å². The summed E-state index contributed by atoms with van der Waals surface area (Å²) >= 11 is 0. The van der Waals surface area contributed by atoms with Gasteiger partial charge in [-0.1, -0.05) is 24.3 Å². The van der Waals surface area contributed by atoms with Crippen molar-refractivity contribution in [1.82, 2.24) is 4.98 Å². The average molecular weight is 272 g/mol. The highest BCUT2D eigenvalue weighted by Gasteiger charge is 2.12. The molecule has 2 heterocycles. The van der Waals surface area contributed by atoms with E-state index in [1.54, 1.807) is 18.3 Å². The molecule has 0 saturated heterocycles. The monoisotopic (exact) mass is 272 g/mol. The summed E-state index contributed by atoms with van der Waals surface area (Å²) in [5, 5.41) is 3.91. The third-order valence-corrected chi connectivity index (χ3v) is 3.33.